The molecular formula is C30H41N6O6P. The number of anilines is 1. The van der Waals surface area contributed by atoms with Gasteiger partial charge in [-0.1, -0.05) is 31.5 Å². The van der Waals surface area contributed by atoms with Crippen LogP contribution in [0, 0.1) is 0 Å². The molecule has 3 heterocycles. The maximum Gasteiger partial charge on any atom is 0.459 e. The second kappa shape index (κ2) is 14.7. The summed E-state index contributed by atoms with van der Waals surface area (Å²) in [4.78, 5) is 26.0. The van der Waals surface area contributed by atoms with E-state index >= 15 is 0 Å². The highest BCUT2D eigenvalue weighted by Crippen LogP contribution is 2.45. The van der Waals surface area contributed by atoms with Gasteiger partial charge in [-0.3, -0.25) is 14.3 Å². The van der Waals surface area contributed by atoms with Crippen molar-refractivity contribution in [1.29, 1.82) is 0 Å². The molecule has 4 rings (SSSR count). The van der Waals surface area contributed by atoms with Crippen LogP contribution in [-0.4, -0.2) is 50.8 Å². The molecule has 12 nitrogen and oxygen atoms in total. The first-order valence-corrected chi connectivity index (χ1v) is 16.1. The van der Waals surface area contributed by atoms with Crippen LogP contribution in [0.25, 0.3) is 21.9 Å². The van der Waals surface area contributed by atoms with E-state index in [0.29, 0.717) is 31.0 Å². The number of aromatic nitrogens is 4. The molecule has 232 valence electrons. The van der Waals surface area contributed by atoms with Crippen molar-refractivity contribution in [2.45, 2.75) is 78.7 Å². The van der Waals surface area contributed by atoms with Crippen molar-refractivity contribution >= 4 is 41.5 Å². The number of nitrogen functional groups attached to an aromatic ring is 1. The molecule has 0 aliphatic carbocycles. The van der Waals surface area contributed by atoms with Gasteiger partial charge in [0.25, 0.3) is 0 Å². The number of imidazole rings is 1. The fourth-order valence-electron chi connectivity index (χ4n) is 4.86. The summed E-state index contributed by atoms with van der Waals surface area (Å²) in [6.07, 6.45) is 4.78. The van der Waals surface area contributed by atoms with Crippen LogP contribution in [-0.2, 0) is 30.0 Å². The Morgan fingerprint density at radius 2 is 1.88 bits per heavy atom. The van der Waals surface area contributed by atoms with E-state index < -0.39 is 19.8 Å². The van der Waals surface area contributed by atoms with E-state index in [4.69, 9.17) is 29.2 Å². The zero-order chi connectivity index (χ0) is 31.0. The molecule has 4 aromatic rings. The molecule has 0 aliphatic heterocycles. The highest BCUT2D eigenvalue weighted by molar-refractivity contribution is 7.52. The van der Waals surface area contributed by atoms with Gasteiger partial charge in [0.2, 0.25) is 0 Å². The van der Waals surface area contributed by atoms with E-state index in [1.54, 1.807) is 39.1 Å². The molecule has 0 spiro atoms. The number of carbonyl (C=O) groups excluding carboxylic acids is 1. The Morgan fingerprint density at radius 3 is 2.58 bits per heavy atom. The largest absolute Gasteiger partial charge is 0.462 e. The molecule has 3 atom stereocenters. The predicted octanol–water partition coefficient (Wildman–Crippen LogP) is 5.96. The molecular weight excluding hydrogens is 571 g/mol. The Morgan fingerprint density at radius 1 is 1.09 bits per heavy atom. The summed E-state index contributed by atoms with van der Waals surface area (Å²) in [5, 5.41) is 3.66. The first-order valence-electron chi connectivity index (χ1n) is 14.6. The third kappa shape index (κ3) is 8.08. The average molecular weight is 613 g/mol. The molecule has 3 N–H and O–H groups in total. The summed E-state index contributed by atoms with van der Waals surface area (Å²) in [6, 6.07) is 10.0. The molecule has 0 saturated carbocycles. The summed E-state index contributed by atoms with van der Waals surface area (Å²) >= 11 is 0. The number of rotatable bonds is 16. The molecule has 0 saturated heterocycles. The minimum Gasteiger partial charge on any atom is -0.462 e. The zero-order valence-corrected chi connectivity index (χ0v) is 26.3. The van der Waals surface area contributed by atoms with Crippen LogP contribution >= 0.6 is 7.75 Å². The maximum atomic E-state index is 14.0. The number of nitrogens with zero attached hydrogens (tertiary/aromatic N) is 4. The normalized spacial score (nSPS) is 14.6. The number of pyridine rings is 2. The molecule has 0 radical (unpaired) electrons. The van der Waals surface area contributed by atoms with Crippen LogP contribution < -0.4 is 15.3 Å². The van der Waals surface area contributed by atoms with Crippen LogP contribution in [0.4, 0.5) is 5.82 Å². The van der Waals surface area contributed by atoms with Crippen LogP contribution in [0.3, 0.4) is 0 Å². The lowest BCUT2D eigenvalue weighted by molar-refractivity contribution is -0.149. The van der Waals surface area contributed by atoms with Gasteiger partial charge in [-0.25, -0.2) is 14.5 Å². The van der Waals surface area contributed by atoms with E-state index in [9.17, 15) is 9.36 Å². The first kappa shape index (κ1) is 32.3. The lowest BCUT2D eigenvalue weighted by atomic mass is 10.1. The third-order valence-electron chi connectivity index (χ3n) is 6.68. The Kier molecular flexibility index (Phi) is 11.1. The lowest BCUT2D eigenvalue weighted by Gasteiger charge is -2.25. The number of nitrogens with two attached hydrogens (primary N) is 1. The van der Waals surface area contributed by atoms with Gasteiger partial charge in [0.05, 0.1) is 29.9 Å². The molecule has 13 heteroatoms. The van der Waals surface area contributed by atoms with Crippen molar-refractivity contribution in [3.05, 3.63) is 54.6 Å². The van der Waals surface area contributed by atoms with E-state index in [1.807, 2.05) is 31.2 Å². The fourth-order valence-corrected chi connectivity index (χ4v) is 6.35. The second-order valence-electron chi connectivity index (χ2n) is 10.4. The van der Waals surface area contributed by atoms with Crippen molar-refractivity contribution in [3.8, 4) is 5.75 Å². The Labute approximate surface area is 251 Å². The number of esters is 1. The number of hydrogen-bond acceptors (Lipinski definition) is 10. The quantitative estimate of drug-likeness (QED) is 0.114. The Balaban J connectivity index is 1.65. The summed E-state index contributed by atoms with van der Waals surface area (Å²) in [5.74, 6) is 0.735. The zero-order valence-electron chi connectivity index (χ0n) is 25.4. The molecule has 0 amide bonds. The summed E-state index contributed by atoms with van der Waals surface area (Å²) < 4.78 is 38.9. The van der Waals surface area contributed by atoms with Gasteiger partial charge in [0.15, 0.2) is 5.82 Å². The van der Waals surface area contributed by atoms with Gasteiger partial charge in [0, 0.05) is 24.2 Å². The minimum atomic E-state index is -4.04. The molecule has 0 aliphatic rings. The summed E-state index contributed by atoms with van der Waals surface area (Å²) in [6.45, 7) is 9.93. The Bertz CT molecular complexity index is 1560. The van der Waals surface area contributed by atoms with Crippen molar-refractivity contribution in [2.75, 3.05) is 18.9 Å². The minimum absolute atomic E-state index is 0.0490. The molecule has 43 heavy (non-hydrogen) atoms. The SMILES string of the molecule is CCC[C@@H](CCO[P@@](=O)(N[C@@H](C)C(=O)OC(C)C)Oc1cccnc1)n1c(COCC)nc2c(N)nc3ccccc3c21. The maximum absolute atomic E-state index is 14.0. The van der Waals surface area contributed by atoms with Gasteiger partial charge in [0.1, 0.15) is 29.7 Å². The van der Waals surface area contributed by atoms with Crippen molar-refractivity contribution in [1.82, 2.24) is 24.6 Å². The number of carbonyl (C=O) groups is 1. The van der Waals surface area contributed by atoms with Crippen LogP contribution in [0.15, 0.2) is 48.8 Å². The summed E-state index contributed by atoms with van der Waals surface area (Å²) in [5.41, 5.74) is 8.63. The predicted molar refractivity (Wildman–Crippen MR) is 166 cm³/mol. The van der Waals surface area contributed by atoms with Crippen LogP contribution in [0.1, 0.15) is 65.7 Å². The monoisotopic (exact) mass is 612 g/mol. The number of ether oxygens (including phenoxy) is 2. The van der Waals surface area contributed by atoms with Crippen LogP contribution in [0.2, 0.25) is 0 Å². The van der Waals surface area contributed by atoms with E-state index in [1.165, 1.54) is 6.20 Å². The average Bonchev–Trinajstić information content (AvgIpc) is 3.36. The first-order chi connectivity index (χ1) is 20.7. The van der Waals surface area contributed by atoms with Gasteiger partial charge >= 0.3 is 13.7 Å². The smallest absolute Gasteiger partial charge is 0.459 e. The standard InChI is InChI=1S/C30H41N6O6P/c1-6-11-22(36-26(19-39-7-2)34-27-28(36)24-13-8-9-14-25(24)33-29(27)31)15-17-40-43(38,42-23-12-10-16-32-18-23)35-21(5)30(37)41-20(3)4/h8-10,12-14,16,18,20-22H,6-7,11,15,17,19H2,1-5H3,(H2,31,33)(H,35,38)/t21-,22-,43-/m0/s1. The number of benzene rings is 1. The highest BCUT2D eigenvalue weighted by Gasteiger charge is 2.33. The van der Waals surface area contributed by atoms with Gasteiger partial charge in [-0.05, 0) is 58.7 Å². The molecule has 3 aromatic heterocycles. The fraction of sp³-hybridized carbons (Fsp3) is 0.467. The molecule has 0 unspecified atom stereocenters. The summed E-state index contributed by atoms with van der Waals surface area (Å²) in [7, 11) is -4.04. The van der Waals surface area contributed by atoms with Gasteiger partial charge < -0.3 is 24.3 Å². The number of hydrogen-bond donors (Lipinski definition) is 2. The molecule has 0 fully saturated rings. The van der Waals surface area contributed by atoms with E-state index in [-0.39, 0.29) is 24.5 Å². The lowest BCUT2D eigenvalue weighted by Crippen LogP contribution is -2.36. The highest BCUT2D eigenvalue weighted by atomic mass is 31.2. The number of nitrogens with one attached hydrogen (secondary N) is 1. The second-order valence-corrected chi connectivity index (χ2v) is 12.1. The van der Waals surface area contributed by atoms with Crippen molar-refractivity contribution in [2.24, 2.45) is 0 Å². The Hall–Kier alpha value is -3.57. The van der Waals surface area contributed by atoms with E-state index in [2.05, 4.69) is 26.5 Å². The molecule has 1 aromatic carbocycles. The van der Waals surface area contributed by atoms with Crippen LogP contribution in [0.5, 0.6) is 5.75 Å². The van der Waals surface area contributed by atoms with E-state index in [0.717, 1.165) is 35.1 Å². The van der Waals surface area contributed by atoms with Crippen molar-refractivity contribution in [3.63, 3.8) is 0 Å². The van der Waals surface area contributed by atoms with Gasteiger partial charge in [-0.2, -0.15) is 5.09 Å². The van der Waals surface area contributed by atoms with Crippen molar-refractivity contribution < 1.29 is 27.9 Å². The number of fused-ring (bicyclic) bond motifs is 3. The van der Waals surface area contributed by atoms with Gasteiger partial charge in [-0.15, -0.1) is 0 Å². The number of para-hydroxylation sites is 1. The third-order valence-corrected chi connectivity index (χ3v) is 8.36. The topological polar surface area (TPSA) is 153 Å². The molecule has 0 bridgehead atoms.